The number of benzene rings is 2. The molecule has 0 unspecified atom stereocenters. The lowest BCUT2D eigenvalue weighted by Gasteiger charge is -2.27. The lowest BCUT2D eigenvalue weighted by molar-refractivity contribution is -0.119. The number of aromatic nitrogens is 2. The van der Waals surface area contributed by atoms with Crippen LogP contribution in [0.15, 0.2) is 89.1 Å². The van der Waals surface area contributed by atoms with Crippen molar-refractivity contribution in [1.29, 1.82) is 0 Å². The van der Waals surface area contributed by atoms with Crippen LogP contribution in [0.2, 0.25) is 0 Å². The van der Waals surface area contributed by atoms with E-state index >= 15 is 0 Å². The van der Waals surface area contributed by atoms with Gasteiger partial charge in [-0.1, -0.05) is 48.5 Å². The molecule has 2 aromatic carbocycles. The summed E-state index contributed by atoms with van der Waals surface area (Å²) in [6.45, 7) is -0.307. The summed E-state index contributed by atoms with van der Waals surface area (Å²) < 4.78 is 24.9. The number of nitrogens with zero attached hydrogens (tertiary/aromatic N) is 3. The zero-order valence-electron chi connectivity index (χ0n) is 16.0. The Kier molecular flexibility index (Phi) is 5.33. The number of para-hydroxylation sites is 1. The summed E-state index contributed by atoms with van der Waals surface area (Å²) in [7, 11) is -3.36. The van der Waals surface area contributed by atoms with Crippen molar-refractivity contribution in [2.75, 3.05) is 10.7 Å². The van der Waals surface area contributed by atoms with Crippen molar-refractivity contribution in [3.63, 3.8) is 0 Å². The molecule has 30 heavy (non-hydrogen) atoms. The summed E-state index contributed by atoms with van der Waals surface area (Å²) in [6.07, 6.45) is 1.50. The molecule has 0 radical (unpaired) electrons. The lowest BCUT2D eigenvalue weighted by atomic mass is 10.1. The van der Waals surface area contributed by atoms with Crippen molar-refractivity contribution in [3.8, 4) is 11.3 Å². The normalized spacial score (nSPS) is 17.0. The maximum Gasteiger partial charge on any atom is 0.267 e. The first-order chi connectivity index (χ1) is 14.4. The summed E-state index contributed by atoms with van der Waals surface area (Å²) >= 11 is 0. The molecule has 8 heteroatoms. The number of carbonyl (C=O) groups excluding carboxylic acids is 1. The van der Waals surface area contributed by atoms with Crippen LogP contribution in [0.4, 0.5) is 5.69 Å². The van der Waals surface area contributed by atoms with Crippen molar-refractivity contribution >= 4 is 21.4 Å². The van der Waals surface area contributed by atoms with Crippen LogP contribution in [0.1, 0.15) is 0 Å². The van der Waals surface area contributed by atoms with E-state index < -0.39 is 27.3 Å². The zero-order valence-corrected chi connectivity index (χ0v) is 16.8. The summed E-state index contributed by atoms with van der Waals surface area (Å²) in [4.78, 5) is 27.0. The fraction of sp³-hybridized carbons (Fsp3) is 0.136. The van der Waals surface area contributed by atoms with Crippen LogP contribution in [-0.4, -0.2) is 35.9 Å². The number of carbonyl (C=O) groups is 1. The van der Waals surface area contributed by atoms with E-state index in [2.05, 4.69) is 5.10 Å². The molecule has 2 heterocycles. The van der Waals surface area contributed by atoms with Crippen molar-refractivity contribution in [2.24, 2.45) is 0 Å². The predicted molar refractivity (Wildman–Crippen MR) is 115 cm³/mol. The number of hydrogen-bond donors (Lipinski definition) is 0. The Bertz CT molecular complexity index is 1250. The molecule has 1 aromatic heterocycles. The van der Waals surface area contributed by atoms with E-state index in [1.165, 1.54) is 17.0 Å². The van der Waals surface area contributed by atoms with E-state index in [1.807, 2.05) is 36.4 Å². The third-order valence-electron chi connectivity index (χ3n) is 4.77. The van der Waals surface area contributed by atoms with E-state index in [0.29, 0.717) is 11.4 Å². The van der Waals surface area contributed by atoms with E-state index in [4.69, 9.17) is 0 Å². The molecule has 4 rings (SSSR count). The van der Waals surface area contributed by atoms with E-state index in [0.717, 1.165) is 15.7 Å². The average molecular weight is 421 g/mol. The number of rotatable bonds is 5. The molecule has 0 saturated carbocycles. The van der Waals surface area contributed by atoms with Crippen LogP contribution in [-0.2, 0) is 21.2 Å². The second kappa shape index (κ2) is 8.08. The summed E-state index contributed by atoms with van der Waals surface area (Å²) in [5.74, 6) is -0.618. The first-order valence-electron chi connectivity index (χ1n) is 9.35. The van der Waals surface area contributed by atoms with Gasteiger partial charge in [-0.25, -0.2) is 13.1 Å². The maximum atomic E-state index is 13.2. The molecule has 152 valence electrons. The third kappa shape index (κ3) is 4.23. The monoisotopic (exact) mass is 421 g/mol. The molecule has 3 aromatic rings. The molecule has 1 amide bonds. The van der Waals surface area contributed by atoms with Crippen molar-refractivity contribution in [3.05, 3.63) is 94.6 Å². The van der Waals surface area contributed by atoms with Gasteiger partial charge in [0.05, 0.1) is 17.5 Å². The molecule has 0 fully saturated rings. The zero-order chi connectivity index (χ0) is 21.1. The van der Waals surface area contributed by atoms with Gasteiger partial charge in [-0.3, -0.25) is 9.59 Å². The van der Waals surface area contributed by atoms with Crippen LogP contribution in [0.5, 0.6) is 0 Å². The molecular weight excluding hydrogens is 402 g/mol. The maximum absolute atomic E-state index is 13.2. The van der Waals surface area contributed by atoms with Crippen LogP contribution in [0.25, 0.3) is 11.3 Å². The molecule has 0 aliphatic carbocycles. The summed E-state index contributed by atoms with van der Waals surface area (Å²) in [6, 6.07) is 20.5. The van der Waals surface area contributed by atoms with Gasteiger partial charge in [-0.05, 0) is 24.3 Å². The van der Waals surface area contributed by atoms with Crippen LogP contribution in [0, 0.1) is 0 Å². The second-order valence-corrected chi connectivity index (χ2v) is 8.84. The summed E-state index contributed by atoms with van der Waals surface area (Å²) in [5.41, 5.74) is 1.54. The molecule has 0 saturated heterocycles. The van der Waals surface area contributed by atoms with Crippen molar-refractivity contribution in [1.82, 2.24) is 9.78 Å². The molecule has 0 bridgehead atoms. The first-order valence-corrected chi connectivity index (χ1v) is 11.1. The van der Waals surface area contributed by atoms with Gasteiger partial charge < -0.3 is 4.90 Å². The van der Waals surface area contributed by atoms with Gasteiger partial charge in [0.25, 0.3) is 5.56 Å². The quantitative estimate of drug-likeness (QED) is 0.630. The van der Waals surface area contributed by atoms with Gasteiger partial charge in [0.15, 0.2) is 9.84 Å². The van der Waals surface area contributed by atoms with Gasteiger partial charge in [0.2, 0.25) is 5.91 Å². The minimum atomic E-state index is -3.36. The Morgan fingerprint density at radius 2 is 1.67 bits per heavy atom. The Labute approximate surface area is 173 Å². The van der Waals surface area contributed by atoms with Crippen LogP contribution < -0.4 is 10.5 Å². The highest BCUT2D eigenvalue weighted by Gasteiger charge is 2.31. The molecule has 1 aliphatic heterocycles. The Balaban J connectivity index is 1.67. The number of anilines is 1. The second-order valence-electron chi connectivity index (χ2n) is 6.91. The summed E-state index contributed by atoms with van der Waals surface area (Å²) in [5, 5.41) is 5.46. The molecule has 1 atom stereocenters. The van der Waals surface area contributed by atoms with Crippen LogP contribution in [0.3, 0.4) is 0 Å². The van der Waals surface area contributed by atoms with E-state index in [-0.39, 0.29) is 12.3 Å². The predicted octanol–water partition coefficient (Wildman–Crippen LogP) is 2.25. The molecular formula is C22H19N3O4S. The minimum absolute atomic E-state index is 0.194. The smallest absolute Gasteiger partial charge is 0.267 e. The highest BCUT2D eigenvalue weighted by Crippen LogP contribution is 2.23. The minimum Gasteiger partial charge on any atom is -0.303 e. The topological polar surface area (TPSA) is 89.3 Å². The standard InChI is InChI=1S/C22H19N3O4S/c26-21-12-11-20(17-7-3-1-4-8-17)23-24(21)15-22(27)25(18-9-5-2-6-10-18)19-13-14-30(28,29)16-19/h1-14,19H,15-16H2/t19-/m1/s1. The highest BCUT2D eigenvalue weighted by atomic mass is 32.2. The molecule has 1 aliphatic rings. The van der Waals surface area contributed by atoms with Crippen LogP contribution >= 0.6 is 0 Å². The largest absolute Gasteiger partial charge is 0.303 e. The lowest BCUT2D eigenvalue weighted by Crippen LogP contribution is -2.44. The van der Waals surface area contributed by atoms with Crippen molar-refractivity contribution in [2.45, 2.75) is 12.6 Å². The van der Waals surface area contributed by atoms with Crippen molar-refractivity contribution < 1.29 is 13.2 Å². The Morgan fingerprint density at radius 1 is 1.00 bits per heavy atom. The number of hydrogen-bond acceptors (Lipinski definition) is 5. The van der Waals surface area contributed by atoms with E-state index in [9.17, 15) is 18.0 Å². The van der Waals surface area contributed by atoms with Gasteiger partial charge in [0.1, 0.15) is 6.54 Å². The fourth-order valence-corrected chi connectivity index (χ4v) is 4.63. The van der Waals surface area contributed by atoms with Gasteiger partial charge >= 0.3 is 0 Å². The van der Waals surface area contributed by atoms with Gasteiger partial charge in [-0.15, -0.1) is 0 Å². The SMILES string of the molecule is O=C(Cn1nc(-c2ccccc2)ccc1=O)N(c1ccccc1)[C@@H]1C=CS(=O)(=O)C1. The Hall–Kier alpha value is -3.52. The Morgan fingerprint density at radius 3 is 2.30 bits per heavy atom. The van der Waals surface area contributed by atoms with Gasteiger partial charge in [-0.2, -0.15) is 5.10 Å². The average Bonchev–Trinajstić information content (AvgIpc) is 3.10. The molecule has 0 spiro atoms. The number of sulfone groups is 1. The van der Waals surface area contributed by atoms with E-state index in [1.54, 1.807) is 30.3 Å². The third-order valence-corrected chi connectivity index (χ3v) is 6.14. The highest BCUT2D eigenvalue weighted by molar-refractivity contribution is 7.94. The number of amides is 1. The van der Waals surface area contributed by atoms with Gasteiger partial charge in [0, 0.05) is 22.7 Å². The molecule has 7 nitrogen and oxygen atoms in total. The fourth-order valence-electron chi connectivity index (χ4n) is 3.36. The first kappa shape index (κ1) is 19.8. The molecule has 0 N–H and O–H groups in total.